The van der Waals surface area contributed by atoms with E-state index in [1.807, 2.05) is 12.1 Å². The van der Waals surface area contributed by atoms with Gasteiger partial charge in [0.15, 0.2) is 0 Å². The lowest BCUT2D eigenvalue weighted by atomic mass is 9.88. The Kier molecular flexibility index (Phi) is 3.01. The van der Waals surface area contributed by atoms with Crippen molar-refractivity contribution < 1.29 is 9.53 Å². The molecule has 0 fully saturated rings. The highest BCUT2D eigenvalue weighted by molar-refractivity contribution is 9.10. The van der Waals surface area contributed by atoms with E-state index in [0.29, 0.717) is 0 Å². The smallest absolute Gasteiger partial charge is 0.217 e. The molecule has 1 aromatic carbocycles. The zero-order valence-electron chi connectivity index (χ0n) is 10.8. The van der Waals surface area contributed by atoms with E-state index in [-0.39, 0.29) is 11.9 Å². The summed E-state index contributed by atoms with van der Waals surface area (Å²) < 4.78 is 6.45. The fraction of sp³-hybridized carbons (Fsp3) is 0.357. The second-order valence-corrected chi connectivity index (χ2v) is 5.69. The van der Waals surface area contributed by atoms with Crippen molar-refractivity contribution in [2.24, 2.45) is 0 Å². The summed E-state index contributed by atoms with van der Waals surface area (Å²) in [7, 11) is 1.68. The van der Waals surface area contributed by atoms with Crippen LogP contribution in [0.15, 0.2) is 16.7 Å². The van der Waals surface area contributed by atoms with Gasteiger partial charge in [-0.15, -0.1) is 0 Å². The van der Waals surface area contributed by atoms with Gasteiger partial charge in [-0.25, -0.2) is 0 Å². The number of H-pyrrole nitrogens is 1. The van der Waals surface area contributed by atoms with Gasteiger partial charge in [-0.3, -0.25) is 4.79 Å². The van der Waals surface area contributed by atoms with Gasteiger partial charge in [0.05, 0.1) is 11.7 Å². The van der Waals surface area contributed by atoms with Crippen LogP contribution in [0.3, 0.4) is 0 Å². The highest BCUT2D eigenvalue weighted by Crippen LogP contribution is 2.39. The molecule has 5 heteroatoms. The van der Waals surface area contributed by atoms with Crippen LogP contribution in [0, 0.1) is 0 Å². The molecule has 100 valence electrons. The van der Waals surface area contributed by atoms with Crippen molar-refractivity contribution in [3.8, 4) is 5.75 Å². The van der Waals surface area contributed by atoms with Gasteiger partial charge in [-0.2, -0.15) is 0 Å². The van der Waals surface area contributed by atoms with Crippen molar-refractivity contribution in [1.29, 1.82) is 0 Å². The first kappa shape index (κ1) is 12.5. The molecule has 2 aromatic rings. The lowest BCUT2D eigenvalue weighted by Gasteiger charge is -2.24. The zero-order valence-corrected chi connectivity index (χ0v) is 12.4. The van der Waals surface area contributed by atoms with Gasteiger partial charge in [0.1, 0.15) is 5.75 Å². The van der Waals surface area contributed by atoms with E-state index in [1.54, 1.807) is 14.0 Å². The molecule has 1 aromatic heterocycles. The number of hydrogen-bond donors (Lipinski definition) is 2. The molecule has 0 saturated heterocycles. The van der Waals surface area contributed by atoms with Crippen LogP contribution in [-0.2, 0) is 17.6 Å². The molecular weight excluding hydrogens is 308 g/mol. The number of ether oxygens (including phenoxy) is 1. The third kappa shape index (κ3) is 2.02. The van der Waals surface area contributed by atoms with Gasteiger partial charge in [0, 0.05) is 29.4 Å². The molecule has 0 saturated carbocycles. The number of benzene rings is 1. The Balaban J connectivity index is 2.15. The Bertz CT molecular complexity index is 663. The Morgan fingerprint density at radius 2 is 2.16 bits per heavy atom. The average Bonchev–Trinajstić information content (AvgIpc) is 2.67. The van der Waals surface area contributed by atoms with Crippen molar-refractivity contribution in [2.75, 3.05) is 7.11 Å². The summed E-state index contributed by atoms with van der Waals surface area (Å²) in [5, 5.41) is 4.23. The Labute approximate surface area is 119 Å². The molecule has 0 unspecified atom stereocenters. The SMILES string of the molecule is COc1ccc2[nH]c(Br)c3c2c1C[C@H](NC(C)=O)C3. The number of carbonyl (C=O) groups excluding carboxylic acids is 1. The minimum Gasteiger partial charge on any atom is -0.496 e. The normalized spacial score (nSPS) is 17.5. The maximum atomic E-state index is 11.3. The fourth-order valence-electron chi connectivity index (χ4n) is 2.92. The van der Waals surface area contributed by atoms with E-state index in [4.69, 9.17) is 4.74 Å². The van der Waals surface area contributed by atoms with E-state index >= 15 is 0 Å². The first-order chi connectivity index (χ1) is 9.10. The summed E-state index contributed by atoms with van der Waals surface area (Å²) >= 11 is 3.57. The number of aromatic nitrogens is 1. The minimum absolute atomic E-state index is 0.00579. The molecule has 2 N–H and O–H groups in total. The van der Waals surface area contributed by atoms with E-state index in [9.17, 15) is 4.79 Å². The molecule has 1 aliphatic carbocycles. The largest absolute Gasteiger partial charge is 0.496 e. The van der Waals surface area contributed by atoms with Gasteiger partial charge in [-0.1, -0.05) is 0 Å². The molecule has 0 aliphatic heterocycles. The van der Waals surface area contributed by atoms with Gasteiger partial charge in [0.2, 0.25) is 5.91 Å². The number of aromatic amines is 1. The van der Waals surface area contributed by atoms with Gasteiger partial charge in [-0.05, 0) is 46.5 Å². The predicted molar refractivity (Wildman–Crippen MR) is 77.6 cm³/mol. The van der Waals surface area contributed by atoms with Crippen molar-refractivity contribution >= 4 is 32.7 Å². The third-order valence-corrected chi connectivity index (χ3v) is 4.29. The van der Waals surface area contributed by atoms with Gasteiger partial charge < -0.3 is 15.0 Å². The third-order valence-electron chi connectivity index (χ3n) is 3.61. The Hall–Kier alpha value is -1.49. The highest BCUT2D eigenvalue weighted by Gasteiger charge is 2.27. The summed E-state index contributed by atoms with van der Waals surface area (Å²) in [6.45, 7) is 1.56. The summed E-state index contributed by atoms with van der Waals surface area (Å²) in [6.07, 6.45) is 1.64. The molecule has 1 aliphatic rings. The fourth-order valence-corrected chi connectivity index (χ4v) is 3.49. The Morgan fingerprint density at radius 1 is 1.42 bits per heavy atom. The lowest BCUT2D eigenvalue weighted by molar-refractivity contribution is -0.119. The van der Waals surface area contributed by atoms with Crippen LogP contribution in [0.2, 0.25) is 0 Å². The molecule has 1 amide bonds. The first-order valence-corrected chi connectivity index (χ1v) is 7.02. The van der Waals surface area contributed by atoms with Gasteiger partial charge >= 0.3 is 0 Å². The van der Waals surface area contributed by atoms with Gasteiger partial charge in [0.25, 0.3) is 0 Å². The average molecular weight is 323 g/mol. The molecular formula is C14H15BrN2O2. The van der Waals surface area contributed by atoms with Crippen LogP contribution in [0.4, 0.5) is 0 Å². The number of carbonyl (C=O) groups is 1. The minimum atomic E-state index is 0.00579. The number of methoxy groups -OCH3 is 1. The summed E-state index contributed by atoms with van der Waals surface area (Å²) in [5.74, 6) is 0.890. The quantitative estimate of drug-likeness (QED) is 0.892. The molecule has 4 nitrogen and oxygen atoms in total. The molecule has 0 spiro atoms. The maximum absolute atomic E-state index is 11.3. The van der Waals surface area contributed by atoms with Crippen LogP contribution in [0.25, 0.3) is 10.9 Å². The standard InChI is InChI=1S/C14H15BrN2O2/c1-7(18)16-8-5-9-12(19-2)4-3-11-13(9)10(6-8)14(15)17-11/h3-4,8,17H,5-6H2,1-2H3,(H,16,18)/t8-/m0/s1. The van der Waals surface area contributed by atoms with Crippen LogP contribution >= 0.6 is 15.9 Å². The second-order valence-electron chi connectivity index (χ2n) is 4.89. The lowest BCUT2D eigenvalue weighted by Crippen LogP contribution is -2.38. The first-order valence-electron chi connectivity index (χ1n) is 6.23. The molecule has 0 radical (unpaired) electrons. The van der Waals surface area contributed by atoms with Crippen LogP contribution in [-0.4, -0.2) is 24.0 Å². The van der Waals surface area contributed by atoms with Crippen molar-refractivity contribution in [2.45, 2.75) is 25.8 Å². The van der Waals surface area contributed by atoms with E-state index in [2.05, 4.69) is 26.2 Å². The van der Waals surface area contributed by atoms with E-state index in [1.165, 1.54) is 16.5 Å². The number of halogens is 1. The van der Waals surface area contributed by atoms with Crippen molar-refractivity contribution in [3.05, 3.63) is 27.9 Å². The van der Waals surface area contributed by atoms with Crippen molar-refractivity contribution in [1.82, 2.24) is 10.3 Å². The highest BCUT2D eigenvalue weighted by atomic mass is 79.9. The molecule has 19 heavy (non-hydrogen) atoms. The van der Waals surface area contributed by atoms with Crippen LogP contribution < -0.4 is 10.1 Å². The Morgan fingerprint density at radius 3 is 2.84 bits per heavy atom. The summed E-state index contributed by atoms with van der Waals surface area (Å²) in [5.41, 5.74) is 3.50. The van der Waals surface area contributed by atoms with Crippen LogP contribution in [0.5, 0.6) is 5.75 Å². The van der Waals surface area contributed by atoms with E-state index in [0.717, 1.165) is 28.7 Å². The zero-order chi connectivity index (χ0) is 13.6. The van der Waals surface area contributed by atoms with Crippen LogP contribution in [0.1, 0.15) is 18.1 Å². The summed E-state index contributed by atoms with van der Waals surface area (Å²) in [6, 6.07) is 4.13. The predicted octanol–water partition coefficient (Wildman–Crippen LogP) is 2.54. The number of nitrogens with one attached hydrogen (secondary N) is 2. The molecule has 1 heterocycles. The molecule has 0 bridgehead atoms. The molecule has 3 rings (SSSR count). The van der Waals surface area contributed by atoms with E-state index < -0.39 is 0 Å². The number of amides is 1. The number of rotatable bonds is 2. The maximum Gasteiger partial charge on any atom is 0.217 e. The monoisotopic (exact) mass is 322 g/mol. The topological polar surface area (TPSA) is 54.1 Å². The molecule has 1 atom stereocenters. The summed E-state index contributed by atoms with van der Waals surface area (Å²) in [4.78, 5) is 14.6. The number of hydrogen-bond acceptors (Lipinski definition) is 2. The second kappa shape index (κ2) is 4.56. The van der Waals surface area contributed by atoms with Crippen molar-refractivity contribution in [3.63, 3.8) is 0 Å².